The molecule has 2 unspecified atom stereocenters. The van der Waals surface area contributed by atoms with E-state index in [2.05, 4.69) is 71.8 Å². The molecule has 142 valence electrons. The summed E-state index contributed by atoms with van der Waals surface area (Å²) >= 11 is 0. The van der Waals surface area contributed by atoms with Crippen LogP contribution in [0.2, 0.25) is 0 Å². The molecule has 0 aromatic heterocycles. The highest BCUT2D eigenvalue weighted by molar-refractivity contribution is 5.79. The summed E-state index contributed by atoms with van der Waals surface area (Å²) in [6, 6.07) is 21.3. The first-order valence-corrected chi connectivity index (χ1v) is 10.2. The van der Waals surface area contributed by atoms with Crippen molar-refractivity contribution >= 4 is 5.57 Å². The van der Waals surface area contributed by atoms with Crippen LogP contribution >= 0.6 is 0 Å². The minimum absolute atomic E-state index is 0.329. The number of ether oxygens (including phenoxy) is 2. The van der Waals surface area contributed by atoms with Crippen LogP contribution in [0.3, 0.4) is 0 Å². The Morgan fingerprint density at radius 3 is 1.67 bits per heavy atom. The van der Waals surface area contributed by atoms with E-state index in [1.807, 2.05) is 0 Å². The second-order valence-electron chi connectivity index (χ2n) is 7.50. The van der Waals surface area contributed by atoms with E-state index < -0.39 is 0 Å². The van der Waals surface area contributed by atoms with Gasteiger partial charge in [-0.3, -0.25) is 0 Å². The van der Waals surface area contributed by atoms with Crippen molar-refractivity contribution in [3.05, 3.63) is 78.0 Å². The number of nitrogens with zero attached hydrogens (tertiary/aromatic N) is 1. The molecule has 0 spiro atoms. The van der Waals surface area contributed by atoms with Crippen molar-refractivity contribution < 1.29 is 9.47 Å². The van der Waals surface area contributed by atoms with Crippen LogP contribution in [0.4, 0.5) is 0 Å². The van der Waals surface area contributed by atoms with E-state index >= 15 is 0 Å². The van der Waals surface area contributed by atoms with Crippen LogP contribution in [-0.4, -0.2) is 43.4 Å². The summed E-state index contributed by atoms with van der Waals surface area (Å²) in [4.78, 5) is 2.43. The molecule has 2 aromatic rings. The molecule has 2 saturated heterocycles. The van der Waals surface area contributed by atoms with Crippen LogP contribution in [-0.2, 0) is 9.47 Å². The third kappa shape index (κ3) is 5.00. The highest BCUT2D eigenvalue weighted by atomic mass is 16.5. The minimum Gasteiger partial charge on any atom is -0.376 e. The quantitative estimate of drug-likeness (QED) is 0.709. The Kier molecular flexibility index (Phi) is 6.23. The second-order valence-corrected chi connectivity index (χ2v) is 7.50. The summed E-state index contributed by atoms with van der Waals surface area (Å²) in [6.45, 7) is 3.66. The largest absolute Gasteiger partial charge is 0.376 e. The van der Waals surface area contributed by atoms with Crippen molar-refractivity contribution in [3.63, 3.8) is 0 Å². The third-order valence-electron chi connectivity index (χ3n) is 5.41. The Bertz CT molecular complexity index is 657. The first-order chi connectivity index (χ1) is 13.4. The molecule has 27 heavy (non-hydrogen) atoms. The van der Waals surface area contributed by atoms with Gasteiger partial charge in [0.1, 0.15) is 0 Å². The summed E-state index contributed by atoms with van der Waals surface area (Å²) in [5, 5.41) is 0. The fraction of sp³-hybridized carbons (Fsp3) is 0.417. The van der Waals surface area contributed by atoms with E-state index in [-0.39, 0.29) is 0 Å². The molecule has 2 fully saturated rings. The molecule has 0 radical (unpaired) electrons. The maximum Gasteiger partial charge on any atom is 0.0750 e. The van der Waals surface area contributed by atoms with E-state index in [0.717, 1.165) is 39.1 Å². The van der Waals surface area contributed by atoms with Gasteiger partial charge in [-0.05, 0) is 36.8 Å². The number of benzene rings is 2. The molecular weight excluding hydrogens is 334 g/mol. The van der Waals surface area contributed by atoms with Gasteiger partial charge >= 0.3 is 0 Å². The maximum atomic E-state index is 5.93. The lowest BCUT2D eigenvalue weighted by molar-refractivity contribution is 0.0548. The lowest BCUT2D eigenvalue weighted by Gasteiger charge is -2.28. The average Bonchev–Trinajstić information content (AvgIpc) is 3.42. The minimum atomic E-state index is 0.329. The van der Waals surface area contributed by atoms with Gasteiger partial charge in [-0.15, -0.1) is 0 Å². The average molecular weight is 364 g/mol. The Morgan fingerprint density at radius 2 is 1.26 bits per heavy atom. The lowest BCUT2D eigenvalue weighted by atomic mass is 9.98. The maximum absolute atomic E-state index is 5.93. The van der Waals surface area contributed by atoms with Crippen LogP contribution in [0, 0.1) is 0 Å². The Morgan fingerprint density at radius 1 is 0.778 bits per heavy atom. The second kappa shape index (κ2) is 9.20. The molecule has 0 aliphatic carbocycles. The summed E-state index contributed by atoms with van der Waals surface area (Å²) in [6.07, 6.45) is 7.64. The molecule has 2 aromatic carbocycles. The van der Waals surface area contributed by atoms with Crippen molar-refractivity contribution in [1.29, 1.82) is 0 Å². The highest BCUT2D eigenvalue weighted by Crippen LogP contribution is 2.25. The Hall–Kier alpha value is -2.10. The molecular formula is C24H29NO2. The molecule has 4 rings (SSSR count). The normalized spacial score (nSPS) is 21.9. The van der Waals surface area contributed by atoms with Gasteiger partial charge in [0.15, 0.2) is 0 Å². The molecule has 2 heterocycles. The summed E-state index contributed by atoms with van der Waals surface area (Å²) < 4.78 is 11.9. The monoisotopic (exact) mass is 363 g/mol. The van der Waals surface area contributed by atoms with Gasteiger partial charge in [0.25, 0.3) is 0 Å². The fourth-order valence-electron chi connectivity index (χ4n) is 4.01. The molecule has 2 aliphatic heterocycles. The van der Waals surface area contributed by atoms with Crippen LogP contribution in [0.1, 0.15) is 36.8 Å². The van der Waals surface area contributed by atoms with Crippen molar-refractivity contribution in [2.75, 3.05) is 26.3 Å². The van der Waals surface area contributed by atoms with Gasteiger partial charge in [-0.25, -0.2) is 0 Å². The Labute approximate surface area is 162 Å². The third-order valence-corrected chi connectivity index (χ3v) is 5.41. The lowest BCUT2D eigenvalue weighted by Crippen LogP contribution is -2.34. The van der Waals surface area contributed by atoms with Crippen molar-refractivity contribution in [2.24, 2.45) is 0 Å². The summed E-state index contributed by atoms with van der Waals surface area (Å²) in [5.41, 5.74) is 3.74. The first-order valence-electron chi connectivity index (χ1n) is 10.2. The van der Waals surface area contributed by atoms with Crippen molar-refractivity contribution in [1.82, 2.24) is 4.90 Å². The van der Waals surface area contributed by atoms with E-state index in [4.69, 9.17) is 9.47 Å². The SMILES string of the molecule is C(=C(c1ccccc1)c1ccccc1)N(CC1CCCO1)CC1CCCO1. The van der Waals surface area contributed by atoms with Gasteiger partial charge in [0.05, 0.1) is 12.2 Å². The predicted octanol–water partition coefficient (Wildman–Crippen LogP) is 4.74. The van der Waals surface area contributed by atoms with Gasteiger partial charge in [-0.2, -0.15) is 0 Å². The number of rotatable bonds is 7. The van der Waals surface area contributed by atoms with Crippen molar-refractivity contribution in [3.8, 4) is 0 Å². The van der Waals surface area contributed by atoms with Gasteiger partial charge in [0.2, 0.25) is 0 Å². The molecule has 3 nitrogen and oxygen atoms in total. The molecule has 0 saturated carbocycles. The molecule has 2 aliphatic rings. The van der Waals surface area contributed by atoms with Gasteiger partial charge < -0.3 is 14.4 Å². The van der Waals surface area contributed by atoms with Crippen LogP contribution in [0.25, 0.3) is 5.57 Å². The Balaban J connectivity index is 1.64. The van der Waals surface area contributed by atoms with Crippen molar-refractivity contribution in [2.45, 2.75) is 37.9 Å². The molecule has 3 heteroatoms. The molecule has 0 N–H and O–H groups in total. The smallest absolute Gasteiger partial charge is 0.0750 e. The van der Waals surface area contributed by atoms with E-state index in [9.17, 15) is 0 Å². The summed E-state index contributed by atoms with van der Waals surface area (Å²) in [7, 11) is 0. The zero-order valence-electron chi connectivity index (χ0n) is 15.9. The standard InChI is InChI=1S/C24H29NO2/c1-3-9-20(10-4-1)24(21-11-5-2-6-12-21)19-25(17-22-13-7-15-26-22)18-23-14-8-16-27-23/h1-6,9-12,19,22-23H,7-8,13-18H2. The zero-order valence-corrected chi connectivity index (χ0v) is 15.9. The fourth-order valence-corrected chi connectivity index (χ4v) is 4.01. The first kappa shape index (κ1) is 18.3. The number of hydrogen-bond acceptors (Lipinski definition) is 3. The topological polar surface area (TPSA) is 21.7 Å². The van der Waals surface area contributed by atoms with E-state index in [1.165, 1.54) is 29.5 Å². The molecule has 2 atom stereocenters. The zero-order chi connectivity index (χ0) is 18.3. The van der Waals surface area contributed by atoms with E-state index in [0.29, 0.717) is 12.2 Å². The van der Waals surface area contributed by atoms with Crippen LogP contribution < -0.4 is 0 Å². The summed E-state index contributed by atoms with van der Waals surface area (Å²) in [5.74, 6) is 0. The van der Waals surface area contributed by atoms with Crippen LogP contribution in [0.15, 0.2) is 66.9 Å². The van der Waals surface area contributed by atoms with Gasteiger partial charge in [0, 0.05) is 38.1 Å². The predicted molar refractivity (Wildman–Crippen MR) is 109 cm³/mol. The highest BCUT2D eigenvalue weighted by Gasteiger charge is 2.23. The van der Waals surface area contributed by atoms with Gasteiger partial charge in [-0.1, -0.05) is 60.7 Å². The van der Waals surface area contributed by atoms with E-state index in [1.54, 1.807) is 0 Å². The van der Waals surface area contributed by atoms with Crippen LogP contribution in [0.5, 0.6) is 0 Å². The molecule has 0 amide bonds. The number of hydrogen-bond donors (Lipinski definition) is 0. The molecule has 0 bridgehead atoms.